The minimum atomic E-state index is -4.43. The number of carbonyl (C=O) groups is 1. The van der Waals surface area contributed by atoms with Crippen LogP contribution in [-0.4, -0.2) is 21.7 Å². The Bertz CT molecular complexity index is 694. The molecule has 0 spiro atoms. The van der Waals surface area contributed by atoms with Crippen LogP contribution in [0.25, 0.3) is 5.69 Å². The van der Waals surface area contributed by atoms with E-state index in [1.807, 2.05) is 13.8 Å². The van der Waals surface area contributed by atoms with Crippen molar-refractivity contribution in [2.45, 2.75) is 26.1 Å². The molecule has 1 heterocycles. The summed E-state index contributed by atoms with van der Waals surface area (Å²) in [6, 6.07) is 4.09. The highest BCUT2D eigenvalue weighted by Crippen LogP contribution is 2.30. The molecule has 0 aliphatic rings. The first kappa shape index (κ1) is 17.0. The molecule has 3 N–H and O–H groups in total. The number of carbonyl (C=O) groups excluding carboxylic acids is 1. The Morgan fingerprint density at radius 1 is 1.35 bits per heavy atom. The minimum absolute atomic E-state index is 0.0338. The predicted octanol–water partition coefficient (Wildman–Crippen LogP) is 2.81. The molecule has 0 fully saturated rings. The number of rotatable bonds is 4. The number of benzene rings is 1. The van der Waals surface area contributed by atoms with Gasteiger partial charge in [-0.1, -0.05) is 19.9 Å². The van der Waals surface area contributed by atoms with Crippen LogP contribution in [0.5, 0.6) is 0 Å². The SMILES string of the molecule is CC(C)[C@H](N)C(=O)Nc1cnn(-c2cccc(C(F)(F)F)c2)c1. The van der Waals surface area contributed by atoms with E-state index < -0.39 is 17.8 Å². The summed E-state index contributed by atoms with van der Waals surface area (Å²) in [5.74, 6) is -0.405. The molecule has 0 saturated heterocycles. The quantitative estimate of drug-likeness (QED) is 0.907. The molecule has 0 unspecified atom stereocenters. The Labute approximate surface area is 131 Å². The topological polar surface area (TPSA) is 72.9 Å². The number of halogens is 3. The van der Waals surface area contributed by atoms with Crippen molar-refractivity contribution in [1.82, 2.24) is 9.78 Å². The van der Waals surface area contributed by atoms with Gasteiger partial charge in [0.05, 0.1) is 35.4 Å². The molecule has 8 heteroatoms. The average Bonchev–Trinajstić information content (AvgIpc) is 2.94. The second kappa shape index (κ2) is 6.41. The Morgan fingerprint density at radius 2 is 2.04 bits per heavy atom. The summed E-state index contributed by atoms with van der Waals surface area (Å²) in [5.41, 5.74) is 5.57. The largest absolute Gasteiger partial charge is 0.416 e. The van der Waals surface area contributed by atoms with Crippen LogP contribution in [0.15, 0.2) is 36.7 Å². The van der Waals surface area contributed by atoms with Gasteiger partial charge in [-0.15, -0.1) is 0 Å². The fraction of sp³-hybridized carbons (Fsp3) is 0.333. The Morgan fingerprint density at radius 3 is 2.65 bits per heavy atom. The lowest BCUT2D eigenvalue weighted by Gasteiger charge is -2.14. The summed E-state index contributed by atoms with van der Waals surface area (Å²) in [4.78, 5) is 11.9. The highest BCUT2D eigenvalue weighted by molar-refractivity contribution is 5.94. The molecule has 0 aliphatic heterocycles. The Kier molecular flexibility index (Phi) is 4.74. The standard InChI is InChI=1S/C15H17F3N4O/c1-9(2)13(19)14(23)21-11-7-20-22(8-11)12-5-3-4-10(6-12)15(16,17)18/h3-9,13H,19H2,1-2H3,(H,21,23)/t13-/m0/s1. The molecular weight excluding hydrogens is 309 g/mol. The van der Waals surface area contributed by atoms with Gasteiger partial charge >= 0.3 is 6.18 Å². The highest BCUT2D eigenvalue weighted by Gasteiger charge is 2.30. The van der Waals surface area contributed by atoms with Crippen LogP contribution in [-0.2, 0) is 11.0 Å². The number of hydrogen-bond acceptors (Lipinski definition) is 3. The summed E-state index contributed by atoms with van der Waals surface area (Å²) in [5, 5.41) is 6.55. The highest BCUT2D eigenvalue weighted by atomic mass is 19.4. The van der Waals surface area contributed by atoms with Crippen molar-refractivity contribution in [2.75, 3.05) is 5.32 Å². The van der Waals surface area contributed by atoms with Gasteiger partial charge in [0, 0.05) is 0 Å². The third kappa shape index (κ3) is 4.10. The van der Waals surface area contributed by atoms with Crippen molar-refractivity contribution in [2.24, 2.45) is 11.7 Å². The van der Waals surface area contributed by atoms with Gasteiger partial charge in [-0.05, 0) is 24.1 Å². The fourth-order valence-electron chi connectivity index (χ4n) is 1.88. The summed E-state index contributed by atoms with van der Waals surface area (Å²) >= 11 is 0. The lowest BCUT2D eigenvalue weighted by Crippen LogP contribution is -2.39. The van der Waals surface area contributed by atoms with Crippen molar-refractivity contribution in [3.63, 3.8) is 0 Å². The van der Waals surface area contributed by atoms with Gasteiger partial charge in [0.1, 0.15) is 0 Å². The van der Waals surface area contributed by atoms with E-state index in [2.05, 4.69) is 10.4 Å². The first-order chi connectivity index (χ1) is 10.7. The third-order valence-electron chi connectivity index (χ3n) is 3.31. The van der Waals surface area contributed by atoms with Crippen LogP contribution >= 0.6 is 0 Å². The van der Waals surface area contributed by atoms with Gasteiger partial charge in [-0.3, -0.25) is 4.79 Å². The van der Waals surface area contributed by atoms with Crippen molar-refractivity contribution in [3.8, 4) is 5.69 Å². The average molecular weight is 326 g/mol. The summed E-state index contributed by atoms with van der Waals surface area (Å²) in [7, 11) is 0. The number of alkyl halides is 3. The number of nitrogens with two attached hydrogens (primary N) is 1. The Balaban J connectivity index is 2.18. The first-order valence-corrected chi connectivity index (χ1v) is 6.97. The lowest BCUT2D eigenvalue weighted by molar-refractivity contribution is -0.137. The first-order valence-electron chi connectivity index (χ1n) is 6.97. The maximum Gasteiger partial charge on any atom is 0.416 e. The summed E-state index contributed by atoms with van der Waals surface area (Å²) in [6.07, 6.45) is -1.64. The van der Waals surface area contributed by atoms with E-state index in [4.69, 9.17) is 5.73 Å². The van der Waals surface area contributed by atoms with Crippen molar-refractivity contribution >= 4 is 11.6 Å². The molecule has 1 aromatic carbocycles. The van der Waals surface area contributed by atoms with E-state index in [1.165, 1.54) is 29.2 Å². The third-order valence-corrected chi connectivity index (χ3v) is 3.31. The van der Waals surface area contributed by atoms with Gasteiger partial charge < -0.3 is 11.1 Å². The molecule has 1 atom stereocenters. The summed E-state index contributed by atoms with van der Waals surface area (Å²) < 4.78 is 39.4. The molecule has 124 valence electrons. The van der Waals surface area contributed by atoms with E-state index in [1.54, 1.807) is 0 Å². The number of anilines is 1. The zero-order chi connectivity index (χ0) is 17.2. The van der Waals surface area contributed by atoms with Crippen LogP contribution in [0.2, 0.25) is 0 Å². The molecule has 0 bridgehead atoms. The second-order valence-corrected chi connectivity index (χ2v) is 5.48. The molecule has 2 rings (SSSR count). The predicted molar refractivity (Wildman–Crippen MR) is 80.0 cm³/mol. The molecule has 0 saturated carbocycles. The van der Waals surface area contributed by atoms with Crippen LogP contribution < -0.4 is 11.1 Å². The van der Waals surface area contributed by atoms with E-state index >= 15 is 0 Å². The molecule has 2 aromatic rings. The number of aromatic nitrogens is 2. The monoisotopic (exact) mass is 326 g/mol. The van der Waals surface area contributed by atoms with E-state index in [9.17, 15) is 18.0 Å². The maximum atomic E-state index is 12.7. The molecule has 1 aromatic heterocycles. The van der Waals surface area contributed by atoms with Crippen molar-refractivity contribution < 1.29 is 18.0 Å². The van der Waals surface area contributed by atoms with Crippen LogP contribution in [0.3, 0.4) is 0 Å². The number of nitrogens with zero attached hydrogens (tertiary/aromatic N) is 2. The van der Waals surface area contributed by atoms with Gasteiger partial charge in [-0.25, -0.2) is 4.68 Å². The van der Waals surface area contributed by atoms with E-state index in [-0.39, 0.29) is 17.5 Å². The van der Waals surface area contributed by atoms with Gasteiger partial charge in [0.25, 0.3) is 0 Å². The minimum Gasteiger partial charge on any atom is -0.322 e. The molecule has 23 heavy (non-hydrogen) atoms. The van der Waals surface area contributed by atoms with E-state index in [0.29, 0.717) is 5.69 Å². The van der Waals surface area contributed by atoms with Gasteiger partial charge in [0.15, 0.2) is 0 Å². The summed E-state index contributed by atoms with van der Waals surface area (Å²) in [6.45, 7) is 3.63. The lowest BCUT2D eigenvalue weighted by atomic mass is 10.1. The molecular formula is C15H17F3N4O. The van der Waals surface area contributed by atoms with Crippen LogP contribution in [0.1, 0.15) is 19.4 Å². The number of amides is 1. The molecule has 1 amide bonds. The zero-order valence-electron chi connectivity index (χ0n) is 12.6. The van der Waals surface area contributed by atoms with Crippen LogP contribution in [0, 0.1) is 5.92 Å². The smallest absolute Gasteiger partial charge is 0.322 e. The normalized spacial score (nSPS) is 13.2. The molecule has 0 aliphatic carbocycles. The van der Waals surface area contributed by atoms with E-state index in [0.717, 1.165) is 12.1 Å². The van der Waals surface area contributed by atoms with Gasteiger partial charge in [-0.2, -0.15) is 18.3 Å². The maximum absolute atomic E-state index is 12.7. The Hall–Kier alpha value is -2.35. The molecule has 0 radical (unpaired) electrons. The zero-order valence-corrected chi connectivity index (χ0v) is 12.6. The molecule has 5 nitrogen and oxygen atoms in total. The van der Waals surface area contributed by atoms with Crippen LogP contribution in [0.4, 0.5) is 18.9 Å². The van der Waals surface area contributed by atoms with Gasteiger partial charge in [0.2, 0.25) is 5.91 Å². The fourth-order valence-corrected chi connectivity index (χ4v) is 1.88. The number of hydrogen-bond donors (Lipinski definition) is 2. The van der Waals surface area contributed by atoms with Crippen molar-refractivity contribution in [3.05, 3.63) is 42.2 Å². The number of nitrogens with one attached hydrogen (secondary N) is 1. The van der Waals surface area contributed by atoms with Crippen molar-refractivity contribution in [1.29, 1.82) is 0 Å². The second-order valence-electron chi connectivity index (χ2n) is 5.48.